The van der Waals surface area contributed by atoms with Crippen molar-refractivity contribution >= 4 is 33.6 Å². The van der Waals surface area contributed by atoms with Crippen LogP contribution in [-0.4, -0.2) is 39.5 Å². The number of amides is 1. The number of aromatic hydroxyl groups is 1. The fourth-order valence-electron chi connectivity index (χ4n) is 4.53. The van der Waals surface area contributed by atoms with E-state index >= 15 is 0 Å². The van der Waals surface area contributed by atoms with Crippen LogP contribution in [0.5, 0.6) is 5.75 Å². The van der Waals surface area contributed by atoms with Gasteiger partial charge in [0.15, 0.2) is 11.4 Å². The zero-order valence-electron chi connectivity index (χ0n) is 18.6. The van der Waals surface area contributed by atoms with Gasteiger partial charge < -0.3 is 10.0 Å². The van der Waals surface area contributed by atoms with E-state index in [1.54, 1.807) is 12.1 Å². The molecule has 0 aliphatic carbocycles. The molecule has 0 unspecified atom stereocenters. The highest BCUT2D eigenvalue weighted by molar-refractivity contribution is 9.10. The second-order valence-electron chi connectivity index (χ2n) is 8.48. The maximum absolute atomic E-state index is 14.2. The fourth-order valence-corrected chi connectivity index (χ4v) is 6.26. The first kappa shape index (κ1) is 24.7. The Hall–Kier alpha value is -2.99. The largest absolute Gasteiger partial charge is 0.502 e. The molecule has 3 aromatic rings. The van der Waals surface area contributed by atoms with Gasteiger partial charge in [-0.05, 0) is 41.8 Å². The predicted molar refractivity (Wildman–Crippen MR) is 129 cm³/mol. The second-order valence-corrected chi connectivity index (χ2v) is 10.4. The summed E-state index contributed by atoms with van der Waals surface area (Å²) in [6.07, 6.45) is -3.50. The van der Waals surface area contributed by atoms with Crippen molar-refractivity contribution in [3.05, 3.63) is 91.6 Å². The Morgan fingerprint density at radius 2 is 1.92 bits per heavy atom. The Morgan fingerprint density at radius 3 is 2.64 bits per heavy atom. The number of alkyl halides is 3. The van der Waals surface area contributed by atoms with E-state index in [1.807, 2.05) is 12.1 Å². The highest BCUT2D eigenvalue weighted by atomic mass is 79.9. The Kier molecular flexibility index (Phi) is 6.06. The lowest BCUT2D eigenvalue weighted by atomic mass is 9.94. The molecule has 2 aromatic carbocycles. The third kappa shape index (κ3) is 3.96. The Bertz CT molecular complexity index is 1450. The van der Waals surface area contributed by atoms with Crippen LogP contribution in [-0.2, 0) is 5.75 Å². The molecule has 0 fully saturated rings. The van der Waals surface area contributed by atoms with Gasteiger partial charge in [-0.2, -0.15) is 13.2 Å². The SMILES string of the molecule is C[C@@H](N1CN([C@H]2c3ccc(F)cc3SCc3cccc(Br)c32)n2ccc(=O)c(O)c2C1=O)C(F)(F)F. The Balaban J connectivity index is 1.81. The summed E-state index contributed by atoms with van der Waals surface area (Å²) in [6, 6.07) is 7.72. The summed E-state index contributed by atoms with van der Waals surface area (Å²) in [6.45, 7) is 0.335. The molecule has 0 spiro atoms. The molecular weight excluding hydrogens is 566 g/mol. The number of benzene rings is 2. The van der Waals surface area contributed by atoms with Crippen LogP contribution in [0.3, 0.4) is 0 Å². The molecule has 1 amide bonds. The molecule has 2 aliphatic rings. The molecule has 1 N–H and O–H groups in total. The van der Waals surface area contributed by atoms with Gasteiger partial charge in [0.25, 0.3) is 5.91 Å². The van der Waals surface area contributed by atoms with Gasteiger partial charge in [0.1, 0.15) is 24.6 Å². The minimum atomic E-state index is -4.76. The van der Waals surface area contributed by atoms with Gasteiger partial charge in [0.2, 0.25) is 5.43 Å². The van der Waals surface area contributed by atoms with E-state index in [0.29, 0.717) is 31.1 Å². The molecule has 6 nitrogen and oxygen atoms in total. The molecule has 0 radical (unpaired) electrons. The average Bonchev–Trinajstić information content (AvgIpc) is 2.98. The van der Waals surface area contributed by atoms with Crippen molar-refractivity contribution in [2.75, 3.05) is 11.7 Å². The van der Waals surface area contributed by atoms with Gasteiger partial charge >= 0.3 is 6.18 Å². The van der Waals surface area contributed by atoms with E-state index in [9.17, 15) is 32.3 Å². The molecule has 188 valence electrons. The molecule has 0 saturated heterocycles. The van der Waals surface area contributed by atoms with Crippen molar-refractivity contribution < 1.29 is 27.5 Å². The molecule has 2 aliphatic heterocycles. The van der Waals surface area contributed by atoms with Crippen molar-refractivity contribution in [2.45, 2.75) is 35.8 Å². The first-order chi connectivity index (χ1) is 17.0. The standard InChI is InChI=1S/C24H18BrF4N3O3S/c1-12(24(27,28)29)30-11-32(31-8-7-17(33)22(34)21(31)23(30)35)20-15-6-5-14(26)9-18(15)36-10-13-3-2-4-16(25)19(13)20/h2-9,12,20,34H,10-11H2,1H3/t12-,20+/m1/s1. The summed E-state index contributed by atoms with van der Waals surface area (Å²) in [5.41, 5.74) is 0.712. The zero-order chi connectivity index (χ0) is 25.9. The third-order valence-corrected chi connectivity index (χ3v) is 8.21. The average molecular weight is 584 g/mol. The number of hydrogen-bond acceptors (Lipinski definition) is 5. The van der Waals surface area contributed by atoms with Crippen molar-refractivity contribution in [3.8, 4) is 5.75 Å². The lowest BCUT2D eigenvalue weighted by Crippen LogP contribution is -2.60. The second kappa shape index (κ2) is 8.84. The number of fused-ring (bicyclic) bond motifs is 3. The van der Waals surface area contributed by atoms with Crippen LogP contribution in [0, 0.1) is 5.82 Å². The van der Waals surface area contributed by atoms with Gasteiger partial charge in [0, 0.05) is 27.4 Å². The number of pyridine rings is 1. The van der Waals surface area contributed by atoms with E-state index in [0.717, 1.165) is 18.6 Å². The first-order valence-corrected chi connectivity index (χ1v) is 12.6. The van der Waals surface area contributed by atoms with Gasteiger partial charge in [0.05, 0.1) is 0 Å². The number of halogens is 5. The van der Waals surface area contributed by atoms with Gasteiger partial charge in [-0.15, -0.1) is 11.8 Å². The molecule has 3 heterocycles. The smallest absolute Gasteiger partial charge is 0.408 e. The van der Waals surface area contributed by atoms with Crippen LogP contribution in [0.2, 0.25) is 0 Å². The molecule has 2 atom stereocenters. The quantitative estimate of drug-likeness (QED) is 0.423. The van der Waals surface area contributed by atoms with Crippen LogP contribution in [0.4, 0.5) is 17.6 Å². The van der Waals surface area contributed by atoms with Crippen molar-refractivity contribution in [2.24, 2.45) is 0 Å². The maximum Gasteiger partial charge on any atom is 0.408 e. The van der Waals surface area contributed by atoms with E-state index in [-0.39, 0.29) is 0 Å². The van der Waals surface area contributed by atoms with Crippen LogP contribution < -0.4 is 10.4 Å². The van der Waals surface area contributed by atoms with Crippen LogP contribution in [0.25, 0.3) is 0 Å². The Morgan fingerprint density at radius 1 is 1.17 bits per heavy atom. The summed E-state index contributed by atoms with van der Waals surface area (Å²) >= 11 is 4.95. The van der Waals surface area contributed by atoms with E-state index in [4.69, 9.17) is 0 Å². The highest BCUT2D eigenvalue weighted by Gasteiger charge is 2.47. The van der Waals surface area contributed by atoms with E-state index < -0.39 is 53.5 Å². The van der Waals surface area contributed by atoms with Crippen molar-refractivity contribution in [3.63, 3.8) is 0 Å². The summed E-state index contributed by atoms with van der Waals surface area (Å²) < 4.78 is 57.5. The normalized spacial score (nSPS) is 18.3. The van der Waals surface area contributed by atoms with Crippen molar-refractivity contribution in [1.82, 2.24) is 9.58 Å². The first-order valence-electron chi connectivity index (χ1n) is 10.8. The summed E-state index contributed by atoms with van der Waals surface area (Å²) in [7, 11) is 0. The van der Waals surface area contributed by atoms with Crippen molar-refractivity contribution in [1.29, 1.82) is 0 Å². The summed E-state index contributed by atoms with van der Waals surface area (Å²) in [4.78, 5) is 26.6. The number of carbonyl (C=O) groups is 1. The summed E-state index contributed by atoms with van der Waals surface area (Å²) in [5, 5.41) is 12.0. The van der Waals surface area contributed by atoms with Gasteiger partial charge in [-0.1, -0.05) is 34.1 Å². The lowest BCUT2D eigenvalue weighted by Gasteiger charge is -2.46. The van der Waals surface area contributed by atoms with Crippen LogP contribution >= 0.6 is 27.7 Å². The van der Waals surface area contributed by atoms with Crippen LogP contribution in [0.1, 0.15) is 40.1 Å². The number of rotatable bonds is 2. The predicted octanol–water partition coefficient (Wildman–Crippen LogP) is 5.15. The van der Waals surface area contributed by atoms with E-state index in [1.165, 1.54) is 39.8 Å². The topological polar surface area (TPSA) is 65.8 Å². The Labute approximate surface area is 215 Å². The number of aromatic nitrogens is 1. The number of carbonyl (C=O) groups excluding carboxylic acids is 1. The van der Waals surface area contributed by atoms with Gasteiger partial charge in [-0.25, -0.2) is 4.39 Å². The van der Waals surface area contributed by atoms with Crippen LogP contribution in [0.15, 0.2) is 62.8 Å². The minimum absolute atomic E-state index is 0.465. The lowest BCUT2D eigenvalue weighted by molar-refractivity contribution is -0.173. The number of thioether (sulfide) groups is 1. The highest BCUT2D eigenvalue weighted by Crippen LogP contribution is 2.46. The monoisotopic (exact) mass is 583 g/mol. The zero-order valence-corrected chi connectivity index (χ0v) is 21.0. The maximum atomic E-state index is 14.2. The van der Waals surface area contributed by atoms with E-state index in [2.05, 4.69) is 15.9 Å². The molecule has 5 rings (SSSR count). The summed E-state index contributed by atoms with van der Waals surface area (Å²) in [5.74, 6) is -2.06. The molecular formula is C24H18BrF4N3O3S. The number of nitrogens with zero attached hydrogens (tertiary/aromatic N) is 3. The molecule has 0 bridgehead atoms. The fraction of sp³-hybridized carbons (Fsp3) is 0.250. The van der Waals surface area contributed by atoms with Gasteiger partial charge in [-0.3, -0.25) is 19.3 Å². The third-order valence-electron chi connectivity index (χ3n) is 6.40. The molecule has 12 heteroatoms. The molecule has 1 aromatic heterocycles. The number of hydrogen-bond donors (Lipinski definition) is 1. The molecule has 0 saturated carbocycles. The molecule has 36 heavy (non-hydrogen) atoms. The minimum Gasteiger partial charge on any atom is -0.502 e.